The Morgan fingerprint density at radius 3 is 2.79 bits per heavy atom. The van der Waals surface area contributed by atoms with E-state index in [0.717, 1.165) is 0 Å². The number of benzene rings is 1. The predicted octanol–water partition coefficient (Wildman–Crippen LogP) is -0.0657. The van der Waals surface area contributed by atoms with Gasteiger partial charge in [0.1, 0.15) is 5.75 Å². The zero-order valence-electron chi connectivity index (χ0n) is 7.70. The third-order valence-electron chi connectivity index (χ3n) is 1.71. The lowest BCUT2D eigenvalue weighted by atomic mass is 10.3. The zero-order chi connectivity index (χ0) is 10.6. The maximum Gasteiger partial charge on any atom is 0.320 e. The summed E-state index contributed by atoms with van der Waals surface area (Å²) in [6, 6.07) is 7.05. The maximum atomic E-state index is 8.53. The topological polar surface area (TPSA) is 69.5 Å². The lowest BCUT2D eigenvalue weighted by Gasteiger charge is -2.10. The molecule has 0 heterocycles. The molecule has 0 saturated heterocycles. The van der Waals surface area contributed by atoms with E-state index in [4.69, 9.17) is 27.3 Å². The van der Waals surface area contributed by atoms with Gasteiger partial charge in [0.05, 0.1) is 5.02 Å². The summed E-state index contributed by atoms with van der Waals surface area (Å²) in [5.41, 5.74) is 5.40. The fraction of sp³-hybridized carbons (Fsp3) is 0.222. The van der Waals surface area contributed by atoms with Crippen LogP contribution in [0.25, 0.3) is 0 Å². The van der Waals surface area contributed by atoms with E-state index in [-0.39, 0.29) is 5.84 Å². The Morgan fingerprint density at radius 1 is 1.57 bits per heavy atom. The Kier molecular flexibility index (Phi) is 3.59. The van der Waals surface area contributed by atoms with Crippen LogP contribution in [0.15, 0.2) is 24.3 Å². The fourth-order valence-corrected chi connectivity index (χ4v) is 1.07. The molecule has 0 spiro atoms. The van der Waals surface area contributed by atoms with Crippen LogP contribution in [0.5, 0.6) is 5.75 Å². The second kappa shape index (κ2) is 4.72. The molecule has 5 heteroatoms. The molecule has 0 aliphatic heterocycles. The molecule has 1 aromatic rings. The number of amidine groups is 1. The number of hydrogen-bond donors (Lipinski definition) is 3. The molecule has 0 aliphatic carbocycles. The van der Waals surface area contributed by atoms with Crippen LogP contribution in [0, 0.1) is 0 Å². The third-order valence-corrected chi connectivity index (χ3v) is 2.02. The molecule has 76 valence electrons. The minimum absolute atomic E-state index is 0.130. The smallest absolute Gasteiger partial charge is 0.320 e. The summed E-state index contributed by atoms with van der Waals surface area (Å²) in [6.45, 7) is 1.70. The van der Waals surface area contributed by atoms with Gasteiger partial charge in [-0.25, -0.2) is 0 Å². The molecule has 0 fully saturated rings. The van der Waals surface area contributed by atoms with Crippen LogP contribution in [0.1, 0.15) is 6.92 Å². The van der Waals surface area contributed by atoms with Gasteiger partial charge in [0.25, 0.3) is 0 Å². The SMILES string of the molecule is CC(Oc1ccccc1Cl)/C(N)=[NH+]\O. The second-order valence-corrected chi connectivity index (χ2v) is 3.16. The number of para-hydroxylation sites is 1. The van der Waals surface area contributed by atoms with Crippen molar-refractivity contribution in [1.82, 2.24) is 0 Å². The summed E-state index contributed by atoms with van der Waals surface area (Å²) in [5, 5.41) is 10.9. The van der Waals surface area contributed by atoms with Crippen LogP contribution < -0.4 is 15.6 Å². The van der Waals surface area contributed by atoms with Crippen molar-refractivity contribution >= 4 is 17.4 Å². The Morgan fingerprint density at radius 2 is 2.21 bits per heavy atom. The molecule has 14 heavy (non-hydrogen) atoms. The predicted molar refractivity (Wildman–Crippen MR) is 53.5 cm³/mol. The van der Waals surface area contributed by atoms with Gasteiger partial charge in [-0.2, -0.15) is 0 Å². The van der Waals surface area contributed by atoms with Gasteiger partial charge in [-0.15, -0.1) is 0 Å². The van der Waals surface area contributed by atoms with Crippen LogP contribution in [0.4, 0.5) is 0 Å². The van der Waals surface area contributed by atoms with Gasteiger partial charge in [-0.3, -0.25) is 5.73 Å². The van der Waals surface area contributed by atoms with Gasteiger partial charge in [-0.05, 0) is 19.1 Å². The highest BCUT2D eigenvalue weighted by Crippen LogP contribution is 2.23. The fourth-order valence-electron chi connectivity index (χ4n) is 0.885. The van der Waals surface area contributed by atoms with Gasteiger partial charge in [-0.1, -0.05) is 28.9 Å². The number of hydrogen-bond acceptors (Lipinski definition) is 2. The molecule has 0 aliphatic rings. The molecule has 4 nitrogen and oxygen atoms in total. The van der Waals surface area contributed by atoms with E-state index in [2.05, 4.69) is 0 Å². The minimum Gasteiger partial charge on any atom is -0.476 e. The molecular formula is C9H12ClN2O2+. The van der Waals surface area contributed by atoms with Crippen molar-refractivity contribution in [2.45, 2.75) is 13.0 Å². The van der Waals surface area contributed by atoms with Gasteiger partial charge in [0.2, 0.25) is 0 Å². The van der Waals surface area contributed by atoms with Crippen LogP contribution in [-0.4, -0.2) is 17.1 Å². The first-order valence-electron chi connectivity index (χ1n) is 4.08. The third kappa shape index (κ3) is 2.53. The highest BCUT2D eigenvalue weighted by molar-refractivity contribution is 6.32. The maximum absolute atomic E-state index is 8.53. The Bertz CT molecular complexity index is 341. The Hall–Kier alpha value is -1.42. The normalized spacial score (nSPS) is 13.7. The van der Waals surface area contributed by atoms with Crippen molar-refractivity contribution in [2.24, 2.45) is 5.73 Å². The molecule has 0 amide bonds. The zero-order valence-corrected chi connectivity index (χ0v) is 8.45. The van der Waals surface area contributed by atoms with Crippen LogP contribution >= 0.6 is 11.6 Å². The second-order valence-electron chi connectivity index (χ2n) is 2.76. The first-order chi connectivity index (χ1) is 6.65. The number of nitrogens with one attached hydrogen (secondary N) is 1. The lowest BCUT2D eigenvalue weighted by molar-refractivity contribution is -0.739. The van der Waals surface area contributed by atoms with Gasteiger partial charge in [0.15, 0.2) is 6.10 Å². The molecule has 1 rings (SSSR count). The monoisotopic (exact) mass is 215 g/mol. The standard InChI is InChI=1S/C9H11ClN2O2/c1-6(9(11)12-13)14-8-5-3-2-4-7(8)10/h2-6,13H,1H3,(H2,11,12)/p+1. The number of halogens is 1. The average molecular weight is 216 g/mol. The van der Waals surface area contributed by atoms with Crippen molar-refractivity contribution in [3.05, 3.63) is 29.3 Å². The van der Waals surface area contributed by atoms with E-state index in [9.17, 15) is 0 Å². The molecule has 1 aromatic carbocycles. The van der Waals surface area contributed by atoms with Crippen molar-refractivity contribution in [2.75, 3.05) is 0 Å². The van der Waals surface area contributed by atoms with Crippen molar-refractivity contribution in [1.29, 1.82) is 0 Å². The highest BCUT2D eigenvalue weighted by atomic mass is 35.5. The Balaban J connectivity index is 2.74. The highest BCUT2D eigenvalue weighted by Gasteiger charge is 2.15. The van der Waals surface area contributed by atoms with E-state index >= 15 is 0 Å². The minimum atomic E-state index is -0.458. The van der Waals surface area contributed by atoms with Gasteiger partial charge < -0.3 is 9.94 Å². The quantitative estimate of drug-likeness (QED) is 0.286. The molecule has 1 unspecified atom stereocenters. The number of rotatable bonds is 3. The number of nitrogens with two attached hydrogens (primary N) is 1. The first-order valence-corrected chi connectivity index (χ1v) is 4.46. The Labute approximate surface area is 86.9 Å². The summed E-state index contributed by atoms with van der Waals surface area (Å²) in [4.78, 5) is 0. The first kappa shape index (κ1) is 10.7. The van der Waals surface area contributed by atoms with Crippen LogP contribution in [0.3, 0.4) is 0 Å². The van der Waals surface area contributed by atoms with Crippen molar-refractivity contribution in [3.63, 3.8) is 0 Å². The summed E-state index contributed by atoms with van der Waals surface area (Å²) in [5.74, 6) is 0.657. The molecule has 0 radical (unpaired) electrons. The molecule has 1 atom stereocenters. The molecular weight excluding hydrogens is 204 g/mol. The summed E-state index contributed by atoms with van der Waals surface area (Å²) in [6.07, 6.45) is -0.458. The van der Waals surface area contributed by atoms with E-state index < -0.39 is 6.10 Å². The lowest BCUT2D eigenvalue weighted by Crippen LogP contribution is -2.74. The molecule has 0 saturated carbocycles. The summed E-state index contributed by atoms with van der Waals surface area (Å²) < 4.78 is 5.38. The summed E-state index contributed by atoms with van der Waals surface area (Å²) in [7, 11) is 0. The number of ether oxygens (including phenoxy) is 1. The molecule has 4 N–H and O–H groups in total. The largest absolute Gasteiger partial charge is 0.476 e. The average Bonchev–Trinajstić information content (AvgIpc) is 2.20. The van der Waals surface area contributed by atoms with Crippen LogP contribution in [0.2, 0.25) is 5.02 Å². The van der Waals surface area contributed by atoms with E-state index in [1.165, 1.54) is 0 Å². The van der Waals surface area contributed by atoms with E-state index in [1.807, 2.05) is 5.16 Å². The van der Waals surface area contributed by atoms with Crippen LogP contribution in [-0.2, 0) is 0 Å². The van der Waals surface area contributed by atoms with E-state index in [1.54, 1.807) is 31.2 Å². The van der Waals surface area contributed by atoms with E-state index in [0.29, 0.717) is 10.8 Å². The molecule has 0 aromatic heterocycles. The molecule has 0 bridgehead atoms. The van der Waals surface area contributed by atoms with Crippen molar-refractivity contribution in [3.8, 4) is 5.75 Å². The van der Waals surface area contributed by atoms with Crippen molar-refractivity contribution < 1.29 is 15.1 Å². The van der Waals surface area contributed by atoms with Gasteiger partial charge >= 0.3 is 5.84 Å². The van der Waals surface area contributed by atoms with Gasteiger partial charge in [0, 0.05) is 0 Å². The summed E-state index contributed by atoms with van der Waals surface area (Å²) >= 11 is 5.86.